The monoisotopic (exact) mass is 341 g/mol. The SMILES string of the molecule is CCNC(CC)c1ccc(-c2cccc(Cl)c2Br)o1. The van der Waals surface area contributed by atoms with Gasteiger partial charge in [0.15, 0.2) is 0 Å². The second kappa shape index (κ2) is 6.60. The lowest BCUT2D eigenvalue weighted by atomic mass is 10.1. The summed E-state index contributed by atoms with van der Waals surface area (Å²) < 4.78 is 6.83. The molecule has 0 saturated heterocycles. The molecule has 0 aliphatic carbocycles. The molecular weight excluding hydrogens is 326 g/mol. The lowest BCUT2D eigenvalue weighted by molar-refractivity contribution is 0.417. The molecule has 0 aliphatic heterocycles. The molecule has 2 aromatic rings. The maximum Gasteiger partial charge on any atom is 0.135 e. The molecule has 1 aromatic heterocycles. The van der Waals surface area contributed by atoms with Crippen LogP contribution in [0.25, 0.3) is 11.3 Å². The third kappa shape index (κ3) is 3.22. The molecule has 1 aromatic carbocycles. The highest BCUT2D eigenvalue weighted by atomic mass is 79.9. The van der Waals surface area contributed by atoms with E-state index in [1.165, 1.54) is 0 Å². The highest BCUT2D eigenvalue weighted by Crippen LogP contribution is 2.35. The maximum absolute atomic E-state index is 6.11. The molecule has 0 bridgehead atoms. The van der Waals surface area contributed by atoms with Gasteiger partial charge in [-0.25, -0.2) is 0 Å². The highest BCUT2D eigenvalue weighted by Gasteiger charge is 2.15. The van der Waals surface area contributed by atoms with E-state index in [0.29, 0.717) is 5.02 Å². The number of hydrogen-bond acceptors (Lipinski definition) is 2. The number of nitrogens with one attached hydrogen (secondary N) is 1. The van der Waals surface area contributed by atoms with E-state index in [-0.39, 0.29) is 6.04 Å². The lowest BCUT2D eigenvalue weighted by Crippen LogP contribution is -2.19. The zero-order valence-corrected chi connectivity index (χ0v) is 13.4. The van der Waals surface area contributed by atoms with Gasteiger partial charge < -0.3 is 9.73 Å². The minimum atomic E-state index is 0.261. The summed E-state index contributed by atoms with van der Waals surface area (Å²) in [6.45, 7) is 5.17. The van der Waals surface area contributed by atoms with E-state index in [9.17, 15) is 0 Å². The third-order valence-electron chi connectivity index (χ3n) is 3.05. The van der Waals surface area contributed by atoms with Crippen LogP contribution in [0, 0.1) is 0 Å². The van der Waals surface area contributed by atoms with Gasteiger partial charge in [0, 0.05) is 10.0 Å². The van der Waals surface area contributed by atoms with Gasteiger partial charge in [-0.1, -0.05) is 31.5 Å². The van der Waals surface area contributed by atoms with Gasteiger partial charge in [-0.3, -0.25) is 0 Å². The van der Waals surface area contributed by atoms with Crippen molar-refractivity contribution in [3.63, 3.8) is 0 Å². The summed E-state index contributed by atoms with van der Waals surface area (Å²) in [4.78, 5) is 0. The molecule has 4 heteroatoms. The van der Waals surface area contributed by atoms with E-state index in [4.69, 9.17) is 16.0 Å². The van der Waals surface area contributed by atoms with Gasteiger partial charge >= 0.3 is 0 Å². The highest BCUT2D eigenvalue weighted by molar-refractivity contribution is 9.10. The first-order valence-electron chi connectivity index (χ1n) is 6.44. The van der Waals surface area contributed by atoms with Crippen molar-refractivity contribution < 1.29 is 4.42 Å². The Hall–Kier alpha value is -0.770. The molecular formula is C15H17BrClNO. The van der Waals surface area contributed by atoms with E-state index in [0.717, 1.165) is 34.5 Å². The van der Waals surface area contributed by atoms with Crippen LogP contribution in [0.5, 0.6) is 0 Å². The number of rotatable bonds is 5. The van der Waals surface area contributed by atoms with Crippen LogP contribution in [-0.4, -0.2) is 6.54 Å². The molecule has 1 heterocycles. The summed E-state index contributed by atoms with van der Waals surface area (Å²) in [7, 11) is 0. The molecule has 1 N–H and O–H groups in total. The van der Waals surface area contributed by atoms with E-state index in [1.807, 2.05) is 30.3 Å². The first-order chi connectivity index (χ1) is 9.17. The van der Waals surface area contributed by atoms with E-state index >= 15 is 0 Å². The Morgan fingerprint density at radius 3 is 2.74 bits per heavy atom. The van der Waals surface area contributed by atoms with E-state index in [2.05, 4.69) is 35.1 Å². The molecule has 0 saturated carbocycles. The van der Waals surface area contributed by atoms with Crippen LogP contribution in [0.1, 0.15) is 32.1 Å². The van der Waals surface area contributed by atoms with Crippen LogP contribution >= 0.6 is 27.5 Å². The average molecular weight is 343 g/mol. The first kappa shape index (κ1) is 14.6. The maximum atomic E-state index is 6.11. The molecule has 0 amide bonds. The molecule has 0 fully saturated rings. The minimum absolute atomic E-state index is 0.261. The van der Waals surface area contributed by atoms with Gasteiger partial charge in [-0.2, -0.15) is 0 Å². The van der Waals surface area contributed by atoms with Crippen LogP contribution in [0.4, 0.5) is 0 Å². The molecule has 0 spiro atoms. The summed E-state index contributed by atoms with van der Waals surface area (Å²) in [5.41, 5.74) is 0.977. The summed E-state index contributed by atoms with van der Waals surface area (Å²) in [6, 6.07) is 10.0. The van der Waals surface area contributed by atoms with Gasteiger partial charge in [0.2, 0.25) is 0 Å². The molecule has 19 heavy (non-hydrogen) atoms. The van der Waals surface area contributed by atoms with Crippen LogP contribution in [0.3, 0.4) is 0 Å². The standard InChI is InChI=1S/C15H17BrClNO/c1-3-12(18-4-2)14-9-8-13(19-14)10-6-5-7-11(17)15(10)16/h5-9,12,18H,3-4H2,1-2H3. The average Bonchev–Trinajstić information content (AvgIpc) is 2.88. The van der Waals surface area contributed by atoms with Gasteiger partial charge in [0.25, 0.3) is 0 Å². The van der Waals surface area contributed by atoms with Crippen molar-refractivity contribution in [2.45, 2.75) is 26.3 Å². The third-order valence-corrected chi connectivity index (χ3v) is 4.44. The second-order valence-electron chi connectivity index (χ2n) is 4.32. The number of benzene rings is 1. The molecule has 0 radical (unpaired) electrons. The van der Waals surface area contributed by atoms with Crippen molar-refractivity contribution >= 4 is 27.5 Å². The normalized spacial score (nSPS) is 12.6. The second-order valence-corrected chi connectivity index (χ2v) is 5.52. The Labute approximate surface area is 127 Å². The Bertz CT molecular complexity index is 553. The van der Waals surface area contributed by atoms with Crippen LogP contribution in [-0.2, 0) is 0 Å². The Morgan fingerprint density at radius 1 is 1.26 bits per heavy atom. The van der Waals surface area contributed by atoms with Crippen LogP contribution in [0.15, 0.2) is 39.2 Å². The molecule has 1 unspecified atom stereocenters. The van der Waals surface area contributed by atoms with Crippen molar-refractivity contribution in [3.05, 3.63) is 45.6 Å². The smallest absolute Gasteiger partial charge is 0.135 e. The van der Waals surface area contributed by atoms with Crippen molar-refractivity contribution in [3.8, 4) is 11.3 Å². The fourth-order valence-electron chi connectivity index (χ4n) is 2.07. The van der Waals surface area contributed by atoms with Crippen molar-refractivity contribution in [2.24, 2.45) is 0 Å². The van der Waals surface area contributed by atoms with Gasteiger partial charge in [0.1, 0.15) is 11.5 Å². The Kier molecular flexibility index (Phi) is 5.08. The summed E-state index contributed by atoms with van der Waals surface area (Å²) in [6.07, 6.45) is 0.998. The van der Waals surface area contributed by atoms with Crippen LogP contribution in [0.2, 0.25) is 5.02 Å². The molecule has 2 nitrogen and oxygen atoms in total. The predicted octanol–water partition coefficient (Wildman–Crippen LogP) is 5.42. The zero-order valence-electron chi connectivity index (χ0n) is 11.0. The number of halogens is 2. The Morgan fingerprint density at radius 2 is 2.05 bits per heavy atom. The van der Waals surface area contributed by atoms with E-state index < -0.39 is 0 Å². The lowest BCUT2D eigenvalue weighted by Gasteiger charge is -2.12. The first-order valence-corrected chi connectivity index (χ1v) is 7.62. The van der Waals surface area contributed by atoms with Crippen LogP contribution < -0.4 is 5.32 Å². The summed E-state index contributed by atoms with van der Waals surface area (Å²) in [5, 5.41) is 4.10. The summed E-state index contributed by atoms with van der Waals surface area (Å²) >= 11 is 9.61. The minimum Gasteiger partial charge on any atom is -0.459 e. The molecule has 102 valence electrons. The topological polar surface area (TPSA) is 25.2 Å². The summed E-state index contributed by atoms with van der Waals surface area (Å²) in [5.74, 6) is 1.80. The largest absolute Gasteiger partial charge is 0.459 e. The molecule has 0 aliphatic rings. The quantitative estimate of drug-likeness (QED) is 0.784. The predicted molar refractivity (Wildman–Crippen MR) is 83.6 cm³/mol. The number of furan rings is 1. The van der Waals surface area contributed by atoms with Gasteiger partial charge in [0.05, 0.1) is 11.1 Å². The van der Waals surface area contributed by atoms with Gasteiger partial charge in [-0.05, 0) is 53.2 Å². The zero-order chi connectivity index (χ0) is 13.8. The van der Waals surface area contributed by atoms with Crippen molar-refractivity contribution in [2.75, 3.05) is 6.54 Å². The molecule has 2 rings (SSSR count). The fraction of sp³-hybridized carbons (Fsp3) is 0.333. The van der Waals surface area contributed by atoms with E-state index in [1.54, 1.807) is 0 Å². The molecule has 1 atom stereocenters. The number of hydrogen-bond donors (Lipinski definition) is 1. The van der Waals surface area contributed by atoms with Crippen molar-refractivity contribution in [1.29, 1.82) is 0 Å². The Balaban J connectivity index is 2.32. The fourth-order valence-corrected chi connectivity index (χ4v) is 2.71. The van der Waals surface area contributed by atoms with Crippen molar-refractivity contribution in [1.82, 2.24) is 5.32 Å². The van der Waals surface area contributed by atoms with Gasteiger partial charge in [-0.15, -0.1) is 0 Å².